The van der Waals surface area contributed by atoms with E-state index in [4.69, 9.17) is 20.9 Å². The average molecular weight is 288 g/mol. The molecule has 5 heteroatoms. The molecule has 0 spiro atoms. The third kappa shape index (κ3) is 3.20. The summed E-state index contributed by atoms with van der Waals surface area (Å²) in [7, 11) is 3.20. The standard InChI is InChI=1S/C16H20N2O3/c1-20-12-5-10(6-13(9-12)21-2)15-7-11(17)8-16(18)14(15)3-4-19/h5-9,19H,3-4,17-18H2,1-2H3. The van der Waals surface area contributed by atoms with Gasteiger partial charge in [-0.15, -0.1) is 0 Å². The lowest BCUT2D eigenvalue weighted by molar-refractivity contribution is 0.300. The maximum atomic E-state index is 9.25. The molecule has 2 aromatic carbocycles. The molecule has 0 fully saturated rings. The molecule has 0 saturated heterocycles. The topological polar surface area (TPSA) is 90.7 Å². The van der Waals surface area contributed by atoms with Gasteiger partial charge in [0.1, 0.15) is 11.5 Å². The predicted molar refractivity (Wildman–Crippen MR) is 84.6 cm³/mol. The van der Waals surface area contributed by atoms with Crippen LogP contribution in [0.2, 0.25) is 0 Å². The van der Waals surface area contributed by atoms with Crippen molar-refractivity contribution in [1.82, 2.24) is 0 Å². The first-order valence-corrected chi connectivity index (χ1v) is 6.61. The fraction of sp³-hybridized carbons (Fsp3) is 0.250. The molecule has 0 aliphatic heterocycles. The summed E-state index contributed by atoms with van der Waals surface area (Å²) >= 11 is 0. The largest absolute Gasteiger partial charge is 0.497 e. The summed E-state index contributed by atoms with van der Waals surface area (Å²) in [5, 5.41) is 9.25. The van der Waals surface area contributed by atoms with Crippen LogP contribution < -0.4 is 20.9 Å². The van der Waals surface area contributed by atoms with Crippen molar-refractivity contribution in [3.63, 3.8) is 0 Å². The fourth-order valence-corrected chi connectivity index (χ4v) is 2.33. The number of hydrogen-bond acceptors (Lipinski definition) is 5. The molecule has 5 nitrogen and oxygen atoms in total. The summed E-state index contributed by atoms with van der Waals surface area (Å²) in [5.41, 5.74) is 15.7. The van der Waals surface area contributed by atoms with E-state index in [1.54, 1.807) is 26.4 Å². The molecule has 0 radical (unpaired) electrons. The van der Waals surface area contributed by atoms with E-state index >= 15 is 0 Å². The molecule has 0 aliphatic carbocycles. The fourth-order valence-electron chi connectivity index (χ4n) is 2.33. The number of rotatable bonds is 5. The van der Waals surface area contributed by atoms with E-state index in [0.29, 0.717) is 29.3 Å². The lowest BCUT2D eigenvalue weighted by Crippen LogP contribution is -2.02. The number of nitrogens with two attached hydrogens (primary N) is 2. The lowest BCUT2D eigenvalue weighted by atomic mass is 9.95. The molecule has 0 aliphatic rings. The number of aliphatic hydroxyl groups excluding tert-OH is 1. The molecular weight excluding hydrogens is 268 g/mol. The van der Waals surface area contributed by atoms with Gasteiger partial charge in [-0.2, -0.15) is 0 Å². The minimum Gasteiger partial charge on any atom is -0.497 e. The third-order valence-corrected chi connectivity index (χ3v) is 3.33. The van der Waals surface area contributed by atoms with Crippen LogP contribution in [0.15, 0.2) is 30.3 Å². The van der Waals surface area contributed by atoms with Gasteiger partial charge in [-0.05, 0) is 47.4 Å². The zero-order valence-corrected chi connectivity index (χ0v) is 12.2. The van der Waals surface area contributed by atoms with Gasteiger partial charge in [0.15, 0.2) is 0 Å². The van der Waals surface area contributed by atoms with E-state index in [2.05, 4.69) is 0 Å². The van der Waals surface area contributed by atoms with Crippen LogP contribution in [0.1, 0.15) is 5.56 Å². The van der Waals surface area contributed by atoms with Crippen LogP contribution in [0.5, 0.6) is 11.5 Å². The van der Waals surface area contributed by atoms with Gasteiger partial charge in [0.25, 0.3) is 0 Å². The zero-order valence-electron chi connectivity index (χ0n) is 12.2. The van der Waals surface area contributed by atoms with Crippen LogP contribution in [-0.4, -0.2) is 25.9 Å². The number of nitrogen functional groups attached to an aromatic ring is 2. The van der Waals surface area contributed by atoms with E-state index in [9.17, 15) is 5.11 Å². The number of anilines is 2. The van der Waals surface area contributed by atoms with E-state index in [0.717, 1.165) is 16.7 Å². The SMILES string of the molecule is COc1cc(OC)cc(-c2cc(N)cc(N)c2CCO)c1. The summed E-state index contributed by atoms with van der Waals surface area (Å²) in [4.78, 5) is 0. The smallest absolute Gasteiger partial charge is 0.123 e. The number of ether oxygens (including phenoxy) is 2. The Kier molecular flexibility index (Phi) is 4.55. The molecule has 2 rings (SSSR count). The van der Waals surface area contributed by atoms with Gasteiger partial charge < -0.3 is 26.0 Å². The van der Waals surface area contributed by atoms with Crippen molar-refractivity contribution >= 4 is 11.4 Å². The van der Waals surface area contributed by atoms with Crippen molar-refractivity contribution in [2.75, 3.05) is 32.3 Å². The summed E-state index contributed by atoms with van der Waals surface area (Å²) in [6.45, 7) is 0.0161. The highest BCUT2D eigenvalue weighted by Crippen LogP contribution is 2.35. The molecule has 0 atom stereocenters. The molecule has 0 aromatic heterocycles. The first-order valence-electron chi connectivity index (χ1n) is 6.61. The molecular formula is C16H20N2O3. The van der Waals surface area contributed by atoms with Crippen molar-refractivity contribution in [2.45, 2.75) is 6.42 Å². The summed E-state index contributed by atoms with van der Waals surface area (Å²) in [6, 6.07) is 9.11. The Bertz CT molecular complexity index is 619. The van der Waals surface area contributed by atoms with E-state index < -0.39 is 0 Å². The van der Waals surface area contributed by atoms with Crippen LogP contribution in [0.4, 0.5) is 11.4 Å². The Morgan fingerprint density at radius 1 is 0.952 bits per heavy atom. The Morgan fingerprint density at radius 2 is 1.57 bits per heavy atom. The van der Waals surface area contributed by atoms with Gasteiger partial charge in [-0.3, -0.25) is 0 Å². The molecule has 5 N–H and O–H groups in total. The van der Waals surface area contributed by atoms with E-state index in [1.807, 2.05) is 18.2 Å². The Labute approximate surface area is 124 Å². The molecule has 21 heavy (non-hydrogen) atoms. The maximum absolute atomic E-state index is 9.25. The highest BCUT2D eigenvalue weighted by atomic mass is 16.5. The van der Waals surface area contributed by atoms with Gasteiger partial charge in [0.05, 0.1) is 14.2 Å². The van der Waals surface area contributed by atoms with Gasteiger partial charge in [0.2, 0.25) is 0 Å². The molecule has 0 saturated carbocycles. The average Bonchev–Trinajstić information content (AvgIpc) is 2.49. The van der Waals surface area contributed by atoms with E-state index in [1.165, 1.54) is 0 Å². The molecule has 0 heterocycles. The Morgan fingerprint density at radius 3 is 2.10 bits per heavy atom. The van der Waals surface area contributed by atoms with Crippen LogP contribution in [0.25, 0.3) is 11.1 Å². The van der Waals surface area contributed by atoms with Crippen molar-refractivity contribution < 1.29 is 14.6 Å². The van der Waals surface area contributed by atoms with Crippen LogP contribution in [0.3, 0.4) is 0 Å². The van der Waals surface area contributed by atoms with Crippen molar-refractivity contribution in [3.8, 4) is 22.6 Å². The summed E-state index contributed by atoms with van der Waals surface area (Å²) in [5.74, 6) is 1.36. The van der Waals surface area contributed by atoms with E-state index in [-0.39, 0.29) is 6.61 Å². The second-order valence-electron chi connectivity index (χ2n) is 4.71. The zero-order chi connectivity index (χ0) is 15.4. The molecule has 0 bridgehead atoms. The molecule has 0 unspecified atom stereocenters. The lowest BCUT2D eigenvalue weighted by Gasteiger charge is -2.15. The summed E-state index contributed by atoms with van der Waals surface area (Å²) in [6.07, 6.45) is 0.459. The van der Waals surface area contributed by atoms with Gasteiger partial charge >= 0.3 is 0 Å². The minimum absolute atomic E-state index is 0.0161. The number of methoxy groups -OCH3 is 2. The van der Waals surface area contributed by atoms with Crippen molar-refractivity contribution in [2.24, 2.45) is 0 Å². The van der Waals surface area contributed by atoms with Crippen LogP contribution in [-0.2, 0) is 6.42 Å². The number of hydrogen-bond donors (Lipinski definition) is 3. The quantitative estimate of drug-likeness (QED) is 0.733. The number of aliphatic hydroxyl groups is 1. The van der Waals surface area contributed by atoms with Crippen LogP contribution >= 0.6 is 0 Å². The van der Waals surface area contributed by atoms with Gasteiger partial charge in [0, 0.05) is 24.0 Å². The van der Waals surface area contributed by atoms with Gasteiger partial charge in [-0.1, -0.05) is 0 Å². The maximum Gasteiger partial charge on any atom is 0.123 e. The highest BCUT2D eigenvalue weighted by Gasteiger charge is 2.12. The van der Waals surface area contributed by atoms with Gasteiger partial charge in [-0.25, -0.2) is 0 Å². The monoisotopic (exact) mass is 288 g/mol. The normalized spacial score (nSPS) is 10.4. The van der Waals surface area contributed by atoms with Crippen LogP contribution in [0, 0.1) is 0 Å². The molecule has 112 valence electrons. The Hall–Kier alpha value is -2.40. The third-order valence-electron chi connectivity index (χ3n) is 3.33. The molecule has 2 aromatic rings. The second kappa shape index (κ2) is 6.37. The molecule has 0 amide bonds. The minimum atomic E-state index is 0.0161. The predicted octanol–water partition coefficient (Wildman–Crippen LogP) is 2.07. The Balaban J connectivity index is 2.64. The van der Waals surface area contributed by atoms with Crippen molar-refractivity contribution in [1.29, 1.82) is 0 Å². The summed E-state index contributed by atoms with van der Waals surface area (Å²) < 4.78 is 10.6. The first-order chi connectivity index (χ1) is 10.1. The highest BCUT2D eigenvalue weighted by molar-refractivity contribution is 5.79. The first kappa shape index (κ1) is 15.0. The number of benzene rings is 2. The second-order valence-corrected chi connectivity index (χ2v) is 4.71. The van der Waals surface area contributed by atoms with Crippen molar-refractivity contribution in [3.05, 3.63) is 35.9 Å².